The Hall–Kier alpha value is -1.56. The lowest BCUT2D eigenvalue weighted by Crippen LogP contribution is -2.29. The van der Waals surface area contributed by atoms with Crippen molar-refractivity contribution in [2.24, 2.45) is 0 Å². The Kier molecular flexibility index (Phi) is 3.86. The van der Waals surface area contributed by atoms with Crippen molar-refractivity contribution in [3.63, 3.8) is 0 Å². The van der Waals surface area contributed by atoms with Crippen molar-refractivity contribution in [1.29, 1.82) is 0 Å². The molecule has 1 aromatic heterocycles. The van der Waals surface area contributed by atoms with Gasteiger partial charge in [0.15, 0.2) is 0 Å². The molecular formula is C12H19N3O3. The number of carbonyl (C=O) groups is 1. The molecule has 18 heavy (non-hydrogen) atoms. The Balaban J connectivity index is 2.22. The summed E-state index contributed by atoms with van der Waals surface area (Å²) in [6.45, 7) is 2.04. The average molecular weight is 253 g/mol. The van der Waals surface area contributed by atoms with E-state index in [1.54, 1.807) is 11.6 Å². The monoisotopic (exact) mass is 253 g/mol. The summed E-state index contributed by atoms with van der Waals surface area (Å²) in [4.78, 5) is 11.6. The Labute approximate surface area is 106 Å². The van der Waals surface area contributed by atoms with Gasteiger partial charge in [0.1, 0.15) is 11.4 Å². The first-order valence-corrected chi connectivity index (χ1v) is 6.33. The van der Waals surface area contributed by atoms with Gasteiger partial charge in [-0.3, -0.25) is 0 Å². The van der Waals surface area contributed by atoms with E-state index in [4.69, 9.17) is 10.5 Å². The largest absolute Gasteiger partial charge is 0.462 e. The lowest BCUT2D eigenvalue weighted by atomic mass is 9.93. The van der Waals surface area contributed by atoms with Gasteiger partial charge in [-0.25, -0.2) is 9.48 Å². The van der Waals surface area contributed by atoms with Crippen LogP contribution >= 0.6 is 0 Å². The molecule has 0 radical (unpaired) electrons. The van der Waals surface area contributed by atoms with Crippen molar-refractivity contribution in [3.8, 4) is 0 Å². The molecule has 100 valence electrons. The van der Waals surface area contributed by atoms with Crippen molar-refractivity contribution >= 4 is 11.8 Å². The van der Waals surface area contributed by atoms with Gasteiger partial charge in [-0.2, -0.15) is 5.10 Å². The number of aromatic nitrogens is 2. The lowest BCUT2D eigenvalue weighted by Gasteiger charge is -2.28. The molecule has 1 saturated carbocycles. The second kappa shape index (κ2) is 5.39. The van der Waals surface area contributed by atoms with Gasteiger partial charge < -0.3 is 15.6 Å². The van der Waals surface area contributed by atoms with E-state index in [9.17, 15) is 9.90 Å². The number of ether oxygens (including phenoxy) is 1. The molecule has 1 aliphatic carbocycles. The van der Waals surface area contributed by atoms with Gasteiger partial charge in [0.2, 0.25) is 0 Å². The minimum Gasteiger partial charge on any atom is -0.462 e. The minimum atomic E-state index is -0.466. The van der Waals surface area contributed by atoms with Crippen molar-refractivity contribution < 1.29 is 14.6 Å². The molecule has 2 rings (SSSR count). The summed E-state index contributed by atoms with van der Waals surface area (Å²) in [6.07, 6.45) is 4.60. The summed E-state index contributed by atoms with van der Waals surface area (Å²) in [5.74, 6) is -0.189. The Morgan fingerprint density at radius 1 is 1.61 bits per heavy atom. The summed E-state index contributed by atoms with van der Waals surface area (Å²) in [5, 5.41) is 14.1. The standard InChI is InChI=1S/C12H19N3O3/c1-2-18-12(17)8-7-14-15(11(8)13)9-5-3-4-6-10(9)16/h7,9-10,16H,2-6,13H2,1H3. The zero-order valence-electron chi connectivity index (χ0n) is 10.5. The molecule has 1 heterocycles. The first-order chi connectivity index (χ1) is 8.65. The fourth-order valence-corrected chi connectivity index (χ4v) is 2.38. The Bertz CT molecular complexity index is 430. The van der Waals surface area contributed by atoms with Crippen LogP contribution in [0.4, 0.5) is 5.82 Å². The number of nitrogens with two attached hydrogens (primary N) is 1. The number of nitrogens with zero attached hydrogens (tertiary/aromatic N) is 2. The van der Waals surface area contributed by atoms with Crippen LogP contribution in [0.1, 0.15) is 49.0 Å². The molecule has 0 saturated heterocycles. The summed E-state index contributed by atoms with van der Waals surface area (Å²) in [5.41, 5.74) is 6.19. The van der Waals surface area contributed by atoms with Crippen LogP contribution in [0.5, 0.6) is 0 Å². The SMILES string of the molecule is CCOC(=O)c1cnn(C2CCCCC2O)c1N. The van der Waals surface area contributed by atoms with E-state index in [2.05, 4.69) is 5.10 Å². The molecule has 6 nitrogen and oxygen atoms in total. The molecule has 0 spiro atoms. The number of esters is 1. The number of nitrogen functional groups attached to an aromatic ring is 1. The molecule has 6 heteroatoms. The average Bonchev–Trinajstić information content (AvgIpc) is 2.72. The highest BCUT2D eigenvalue weighted by molar-refractivity contribution is 5.94. The maximum atomic E-state index is 11.6. The molecule has 1 fully saturated rings. The number of carbonyl (C=O) groups excluding carboxylic acids is 1. The van der Waals surface area contributed by atoms with Gasteiger partial charge >= 0.3 is 5.97 Å². The van der Waals surface area contributed by atoms with Crippen LogP contribution in [-0.2, 0) is 4.74 Å². The predicted molar refractivity (Wildman–Crippen MR) is 66.1 cm³/mol. The normalized spacial score (nSPS) is 23.9. The zero-order valence-corrected chi connectivity index (χ0v) is 10.5. The quantitative estimate of drug-likeness (QED) is 0.788. The molecule has 2 atom stereocenters. The van der Waals surface area contributed by atoms with Gasteiger partial charge in [0.05, 0.1) is 24.9 Å². The fraction of sp³-hybridized carbons (Fsp3) is 0.667. The third kappa shape index (κ3) is 2.33. The van der Waals surface area contributed by atoms with Crippen LogP contribution in [-0.4, -0.2) is 33.6 Å². The van der Waals surface area contributed by atoms with Crippen molar-refractivity contribution in [2.45, 2.75) is 44.8 Å². The molecule has 0 aliphatic heterocycles. The van der Waals surface area contributed by atoms with Crippen LogP contribution < -0.4 is 5.73 Å². The van der Waals surface area contributed by atoms with Gasteiger partial charge in [-0.15, -0.1) is 0 Å². The highest BCUT2D eigenvalue weighted by atomic mass is 16.5. The second-order valence-corrected chi connectivity index (χ2v) is 4.53. The number of hydrogen-bond donors (Lipinski definition) is 2. The molecule has 0 bridgehead atoms. The van der Waals surface area contributed by atoms with E-state index < -0.39 is 12.1 Å². The smallest absolute Gasteiger partial charge is 0.343 e. The van der Waals surface area contributed by atoms with Crippen LogP contribution in [0.3, 0.4) is 0 Å². The molecule has 0 aromatic carbocycles. The van der Waals surface area contributed by atoms with Crippen molar-refractivity contribution in [1.82, 2.24) is 9.78 Å². The van der Waals surface area contributed by atoms with Crippen molar-refractivity contribution in [2.75, 3.05) is 12.3 Å². The lowest BCUT2D eigenvalue weighted by molar-refractivity contribution is 0.0525. The number of rotatable bonds is 3. The topological polar surface area (TPSA) is 90.4 Å². The van der Waals surface area contributed by atoms with Crippen LogP contribution in [0.2, 0.25) is 0 Å². The highest BCUT2D eigenvalue weighted by Crippen LogP contribution is 2.30. The molecular weight excluding hydrogens is 234 g/mol. The summed E-state index contributed by atoms with van der Waals surface area (Å²) >= 11 is 0. The Morgan fingerprint density at radius 3 is 3.00 bits per heavy atom. The van der Waals surface area contributed by atoms with E-state index in [-0.39, 0.29) is 17.4 Å². The van der Waals surface area contributed by atoms with E-state index >= 15 is 0 Å². The van der Waals surface area contributed by atoms with E-state index in [1.165, 1.54) is 6.20 Å². The predicted octanol–water partition coefficient (Wildman–Crippen LogP) is 1.12. The third-order valence-electron chi connectivity index (χ3n) is 3.34. The maximum Gasteiger partial charge on any atom is 0.343 e. The second-order valence-electron chi connectivity index (χ2n) is 4.53. The van der Waals surface area contributed by atoms with Crippen LogP contribution in [0.15, 0.2) is 6.20 Å². The van der Waals surface area contributed by atoms with E-state index in [0.717, 1.165) is 25.7 Å². The van der Waals surface area contributed by atoms with E-state index in [1.807, 2.05) is 0 Å². The van der Waals surface area contributed by atoms with Crippen molar-refractivity contribution in [3.05, 3.63) is 11.8 Å². The highest BCUT2D eigenvalue weighted by Gasteiger charge is 2.28. The third-order valence-corrected chi connectivity index (χ3v) is 3.34. The van der Waals surface area contributed by atoms with Gasteiger partial charge in [-0.05, 0) is 19.8 Å². The number of anilines is 1. The van der Waals surface area contributed by atoms with Gasteiger partial charge in [-0.1, -0.05) is 12.8 Å². The van der Waals surface area contributed by atoms with Crippen LogP contribution in [0, 0.1) is 0 Å². The maximum absolute atomic E-state index is 11.6. The van der Waals surface area contributed by atoms with Gasteiger partial charge in [0, 0.05) is 0 Å². The summed E-state index contributed by atoms with van der Waals surface area (Å²) in [6, 6.07) is -0.137. The molecule has 1 aliphatic rings. The first-order valence-electron chi connectivity index (χ1n) is 6.33. The summed E-state index contributed by atoms with van der Waals surface area (Å²) < 4.78 is 6.45. The van der Waals surface area contributed by atoms with Crippen LogP contribution in [0.25, 0.3) is 0 Å². The summed E-state index contributed by atoms with van der Waals surface area (Å²) in [7, 11) is 0. The molecule has 3 N–H and O–H groups in total. The number of aliphatic hydroxyl groups excluding tert-OH is 1. The number of hydrogen-bond acceptors (Lipinski definition) is 5. The minimum absolute atomic E-state index is 0.137. The zero-order chi connectivity index (χ0) is 13.1. The Morgan fingerprint density at radius 2 is 2.33 bits per heavy atom. The first kappa shape index (κ1) is 12.9. The molecule has 1 aromatic rings. The number of aliphatic hydroxyl groups is 1. The van der Waals surface area contributed by atoms with Gasteiger partial charge in [0.25, 0.3) is 0 Å². The fourth-order valence-electron chi connectivity index (χ4n) is 2.38. The molecule has 2 unspecified atom stereocenters. The molecule has 0 amide bonds. The van der Waals surface area contributed by atoms with E-state index in [0.29, 0.717) is 6.61 Å².